The first-order valence-electron chi connectivity index (χ1n) is 5.40. The summed E-state index contributed by atoms with van der Waals surface area (Å²) in [7, 11) is 0. The molecule has 2 rings (SSSR count). The van der Waals surface area contributed by atoms with Gasteiger partial charge in [-0.2, -0.15) is 0 Å². The predicted octanol–water partition coefficient (Wildman–Crippen LogP) is 4.85. The van der Waals surface area contributed by atoms with Crippen LogP contribution in [0.5, 0.6) is 0 Å². The number of hydrogen-bond donors (Lipinski definition) is 0. The molecule has 0 saturated heterocycles. The molecule has 0 N–H and O–H groups in total. The van der Waals surface area contributed by atoms with Gasteiger partial charge in [-0.25, -0.2) is 0 Å². The quantitative estimate of drug-likeness (QED) is 0.619. The monoisotopic (exact) mass is 358 g/mol. The Morgan fingerprint density at radius 2 is 1.16 bits per heavy atom. The molecule has 7 heteroatoms. The Bertz CT molecular complexity index is 465. The van der Waals surface area contributed by atoms with Gasteiger partial charge in [-0.15, -0.1) is 0 Å². The molecular formula is C12H10F6Zr-2. The number of halogens is 6. The van der Waals surface area contributed by atoms with Crippen molar-refractivity contribution < 1.29 is 52.4 Å². The SMILES string of the molecule is FC(F)(F)C1=[C]([Zr][C]2=C(C(F)(F)F)C=CC2)CC=C1.[H-].[H-]. The van der Waals surface area contributed by atoms with Crippen LogP contribution >= 0.6 is 0 Å². The topological polar surface area (TPSA) is 0 Å². The second-order valence-electron chi connectivity index (χ2n) is 4.12. The number of alkyl halides is 6. The van der Waals surface area contributed by atoms with Crippen LogP contribution in [0.3, 0.4) is 0 Å². The van der Waals surface area contributed by atoms with Crippen molar-refractivity contribution in [2.24, 2.45) is 0 Å². The van der Waals surface area contributed by atoms with Gasteiger partial charge >= 0.3 is 117 Å². The van der Waals surface area contributed by atoms with E-state index in [1.807, 2.05) is 0 Å². The molecule has 0 atom stereocenters. The van der Waals surface area contributed by atoms with Crippen LogP contribution in [0.25, 0.3) is 0 Å². The standard InChI is InChI=1S/2C6H4F3.Zr.2H/c2*7-6(8,9)5-3-1-2-4-5;;;/h2*1,3H,2H2;;;/q;;;2*-1. The van der Waals surface area contributed by atoms with Gasteiger partial charge in [-0.1, -0.05) is 0 Å². The van der Waals surface area contributed by atoms with Crippen LogP contribution < -0.4 is 0 Å². The average Bonchev–Trinajstić information content (AvgIpc) is 2.83. The Kier molecular flexibility index (Phi) is 3.96. The fourth-order valence-corrected chi connectivity index (χ4v) is 5.71. The summed E-state index contributed by atoms with van der Waals surface area (Å²) in [4.78, 5) is 0. The van der Waals surface area contributed by atoms with Crippen molar-refractivity contribution in [3.05, 3.63) is 42.0 Å². The molecule has 0 heterocycles. The summed E-state index contributed by atoms with van der Waals surface area (Å²) in [6.07, 6.45) is -3.96. The van der Waals surface area contributed by atoms with E-state index in [1.54, 1.807) is 0 Å². The van der Waals surface area contributed by atoms with E-state index < -0.39 is 46.7 Å². The zero-order valence-electron chi connectivity index (χ0n) is 11.5. The molecule has 0 radical (unpaired) electrons. The van der Waals surface area contributed by atoms with Gasteiger partial charge < -0.3 is 2.85 Å². The molecule has 106 valence electrons. The molecule has 0 bridgehead atoms. The van der Waals surface area contributed by atoms with E-state index in [4.69, 9.17) is 0 Å². The Hall–Kier alpha value is -0.577. The van der Waals surface area contributed by atoms with Gasteiger partial charge in [0.15, 0.2) is 0 Å². The summed E-state index contributed by atoms with van der Waals surface area (Å²) >= 11 is -2.01. The first-order chi connectivity index (χ1) is 8.69. The third kappa shape index (κ3) is 3.30. The van der Waals surface area contributed by atoms with Gasteiger partial charge in [-0.3, -0.25) is 0 Å². The van der Waals surface area contributed by atoms with Crippen molar-refractivity contribution >= 4 is 0 Å². The van der Waals surface area contributed by atoms with E-state index in [2.05, 4.69) is 0 Å². The van der Waals surface area contributed by atoms with Crippen molar-refractivity contribution in [1.82, 2.24) is 0 Å². The van der Waals surface area contributed by atoms with Crippen LogP contribution in [-0.2, 0) is 23.2 Å². The Labute approximate surface area is 120 Å². The van der Waals surface area contributed by atoms with Gasteiger partial charge in [0.1, 0.15) is 0 Å². The van der Waals surface area contributed by atoms with Gasteiger partial charge in [0.2, 0.25) is 0 Å². The molecule has 2 aliphatic carbocycles. The molecule has 0 aromatic carbocycles. The van der Waals surface area contributed by atoms with E-state index >= 15 is 0 Å². The Morgan fingerprint density at radius 3 is 1.47 bits per heavy atom. The molecule has 0 unspecified atom stereocenters. The molecule has 0 aromatic rings. The third-order valence-corrected chi connectivity index (χ3v) is 6.59. The number of allylic oxidation sites excluding steroid dienone is 8. The van der Waals surface area contributed by atoms with Gasteiger partial charge in [-0.05, 0) is 0 Å². The summed E-state index contributed by atoms with van der Waals surface area (Å²) in [5, 5.41) is 0. The molecule has 0 spiro atoms. The van der Waals surface area contributed by atoms with Crippen molar-refractivity contribution in [3.63, 3.8) is 0 Å². The maximum absolute atomic E-state index is 12.7. The van der Waals surface area contributed by atoms with Gasteiger partial charge in [0, 0.05) is 0 Å². The normalized spacial score (nSPS) is 19.9. The molecule has 2 aliphatic rings. The molecule has 0 saturated carbocycles. The first-order valence-corrected chi connectivity index (χ1v) is 7.86. The largest absolute Gasteiger partial charge is 1.00 e. The molecule has 0 amide bonds. The van der Waals surface area contributed by atoms with E-state index in [0.717, 1.165) is 12.2 Å². The van der Waals surface area contributed by atoms with Crippen molar-refractivity contribution in [2.75, 3.05) is 0 Å². The minimum absolute atomic E-state index is 0. The fraction of sp³-hybridized carbons (Fsp3) is 0.333. The van der Waals surface area contributed by atoms with E-state index in [-0.39, 0.29) is 22.3 Å². The minimum Gasteiger partial charge on any atom is -1.00 e. The summed E-state index contributed by atoms with van der Waals surface area (Å²) in [5.41, 5.74) is -1.47. The zero-order chi connectivity index (χ0) is 14.3. The minimum atomic E-state index is -4.46. The van der Waals surface area contributed by atoms with Crippen molar-refractivity contribution in [2.45, 2.75) is 25.2 Å². The molecule has 19 heavy (non-hydrogen) atoms. The molecule has 0 aliphatic heterocycles. The van der Waals surface area contributed by atoms with Crippen LogP contribution in [-0.4, -0.2) is 12.4 Å². The number of rotatable bonds is 2. The van der Waals surface area contributed by atoms with E-state index in [9.17, 15) is 26.3 Å². The second kappa shape index (κ2) is 5.08. The average molecular weight is 359 g/mol. The van der Waals surface area contributed by atoms with Crippen LogP contribution in [0.15, 0.2) is 42.0 Å². The Balaban J connectivity index is 0.00000200. The second-order valence-corrected chi connectivity index (χ2v) is 7.70. The molecule has 0 fully saturated rings. The summed E-state index contributed by atoms with van der Waals surface area (Å²) < 4.78 is 76.4. The molecule has 0 aromatic heterocycles. The maximum atomic E-state index is 12.7. The molecular weight excluding hydrogens is 349 g/mol. The fourth-order valence-electron chi connectivity index (χ4n) is 1.96. The number of hydrogen-bond acceptors (Lipinski definition) is 0. The Morgan fingerprint density at radius 1 is 0.789 bits per heavy atom. The van der Waals surface area contributed by atoms with Crippen molar-refractivity contribution in [1.29, 1.82) is 0 Å². The zero-order valence-corrected chi connectivity index (χ0v) is 11.9. The predicted molar refractivity (Wildman–Crippen MR) is 55.9 cm³/mol. The summed E-state index contributed by atoms with van der Waals surface area (Å²) in [5.74, 6) is 0. The first kappa shape index (κ1) is 14.8. The molecule has 0 nitrogen and oxygen atoms in total. The van der Waals surface area contributed by atoms with Crippen LogP contribution in [0, 0.1) is 0 Å². The summed E-state index contributed by atoms with van der Waals surface area (Å²) in [6, 6.07) is 0. The van der Waals surface area contributed by atoms with Gasteiger partial charge in [0.05, 0.1) is 0 Å². The van der Waals surface area contributed by atoms with E-state index in [0.29, 0.717) is 0 Å². The van der Waals surface area contributed by atoms with Crippen molar-refractivity contribution in [3.8, 4) is 0 Å². The van der Waals surface area contributed by atoms with E-state index in [1.165, 1.54) is 12.2 Å². The van der Waals surface area contributed by atoms with Crippen LogP contribution in [0.1, 0.15) is 15.7 Å². The third-order valence-electron chi connectivity index (χ3n) is 2.78. The summed E-state index contributed by atoms with van der Waals surface area (Å²) in [6.45, 7) is 0. The van der Waals surface area contributed by atoms with Crippen LogP contribution in [0.2, 0.25) is 0 Å². The van der Waals surface area contributed by atoms with Crippen LogP contribution in [0.4, 0.5) is 26.3 Å². The maximum Gasteiger partial charge on any atom is -1.00 e. The van der Waals surface area contributed by atoms with Gasteiger partial charge in [0.25, 0.3) is 0 Å². The smallest absolute Gasteiger partial charge is 1.00 e.